The minimum Gasteiger partial charge on any atom is -0.477 e. The van der Waals surface area contributed by atoms with Crippen molar-refractivity contribution >= 4 is 35.2 Å². The maximum atomic E-state index is 10.4. The Morgan fingerprint density at radius 2 is 1.33 bits per heavy atom. The largest absolute Gasteiger partial charge is 0.477 e. The van der Waals surface area contributed by atoms with E-state index < -0.39 is 5.97 Å². The van der Waals surface area contributed by atoms with E-state index in [1.807, 2.05) is 74.5 Å². The van der Waals surface area contributed by atoms with E-state index in [0.717, 1.165) is 11.1 Å². The molecule has 6 nitrogen and oxygen atoms in total. The van der Waals surface area contributed by atoms with Crippen molar-refractivity contribution in [2.24, 2.45) is 11.1 Å². The van der Waals surface area contributed by atoms with Crippen LogP contribution in [-0.4, -0.2) is 30.0 Å². The normalized spacial score (nSPS) is 11.7. The van der Waals surface area contributed by atoms with E-state index >= 15 is 0 Å². The van der Waals surface area contributed by atoms with Crippen LogP contribution in [0.5, 0.6) is 0 Å². The Kier molecular flexibility index (Phi) is 14.4. The van der Waals surface area contributed by atoms with Crippen LogP contribution in [0.3, 0.4) is 0 Å². The molecule has 0 aromatic heterocycles. The molecule has 30 heavy (non-hydrogen) atoms. The number of halogens is 1. The highest BCUT2D eigenvalue weighted by atomic mass is 35.5. The third-order valence-electron chi connectivity index (χ3n) is 3.92. The Morgan fingerprint density at radius 1 is 0.900 bits per heavy atom. The molecule has 0 saturated heterocycles. The van der Waals surface area contributed by atoms with Crippen molar-refractivity contribution in [3.63, 3.8) is 0 Å². The number of rotatable bonds is 8. The smallest absolute Gasteiger partial charge is 0.353 e. The topological polar surface area (TPSA) is 94.1 Å². The van der Waals surface area contributed by atoms with Crippen LogP contribution < -0.4 is 5.90 Å². The second kappa shape index (κ2) is 15.9. The standard InChI is InChI=1S/C13H15NO3.C10H13NO.ClH/c1-10(12-6-4-3-5-7-12)8-9-17-14-11(2)13(15)16;1-9(7-8-12-11)10-5-3-2-4-6-10;/h3-8H,9H2,1-2H3,(H,15,16);2-7H,8,11H2,1H3;1H. The summed E-state index contributed by atoms with van der Waals surface area (Å²) < 4.78 is 0. The molecule has 0 aliphatic heterocycles. The number of nitrogens with two attached hydrogens (primary N) is 1. The molecule has 2 aromatic rings. The predicted molar refractivity (Wildman–Crippen MR) is 124 cm³/mol. The Labute approximate surface area is 184 Å². The van der Waals surface area contributed by atoms with E-state index in [4.69, 9.17) is 15.8 Å². The van der Waals surface area contributed by atoms with Crippen molar-refractivity contribution in [1.29, 1.82) is 0 Å². The van der Waals surface area contributed by atoms with Crippen LogP contribution in [0.4, 0.5) is 0 Å². The number of benzene rings is 2. The Hall–Kier alpha value is -2.93. The first-order valence-electron chi connectivity index (χ1n) is 9.11. The van der Waals surface area contributed by atoms with Crippen molar-refractivity contribution in [2.45, 2.75) is 20.8 Å². The fourth-order valence-electron chi connectivity index (χ4n) is 2.15. The minimum absolute atomic E-state index is 0. The number of carboxylic acids is 1. The molecule has 0 amide bonds. The Balaban J connectivity index is 0.000000573. The zero-order valence-electron chi connectivity index (χ0n) is 17.4. The molecule has 2 aromatic carbocycles. The second-order valence-electron chi connectivity index (χ2n) is 6.12. The molecule has 0 saturated carbocycles. The van der Waals surface area contributed by atoms with Gasteiger partial charge in [0.2, 0.25) is 0 Å². The number of hydrogen-bond acceptors (Lipinski definition) is 5. The van der Waals surface area contributed by atoms with Crippen molar-refractivity contribution < 1.29 is 19.6 Å². The number of aliphatic carboxylic acids is 1. The first-order valence-corrected chi connectivity index (χ1v) is 9.11. The lowest BCUT2D eigenvalue weighted by Crippen LogP contribution is -2.08. The van der Waals surface area contributed by atoms with Crippen molar-refractivity contribution in [2.75, 3.05) is 13.2 Å². The molecule has 0 aliphatic carbocycles. The summed E-state index contributed by atoms with van der Waals surface area (Å²) in [6, 6.07) is 20.0. The lowest BCUT2D eigenvalue weighted by Gasteiger charge is -2.01. The fraction of sp³-hybridized carbons (Fsp3) is 0.217. The van der Waals surface area contributed by atoms with E-state index in [0.29, 0.717) is 6.61 Å². The molecule has 7 heteroatoms. The lowest BCUT2D eigenvalue weighted by molar-refractivity contribution is -0.129. The van der Waals surface area contributed by atoms with Crippen LogP contribution in [0.25, 0.3) is 11.1 Å². The summed E-state index contributed by atoms with van der Waals surface area (Å²) in [5.41, 5.74) is 4.50. The molecule has 0 fully saturated rings. The van der Waals surface area contributed by atoms with Crippen molar-refractivity contribution in [1.82, 2.24) is 0 Å². The van der Waals surface area contributed by atoms with Gasteiger partial charge in [0.15, 0.2) is 5.71 Å². The highest BCUT2D eigenvalue weighted by molar-refractivity contribution is 6.34. The van der Waals surface area contributed by atoms with Gasteiger partial charge in [0, 0.05) is 0 Å². The van der Waals surface area contributed by atoms with Crippen molar-refractivity contribution in [3.05, 3.63) is 83.9 Å². The summed E-state index contributed by atoms with van der Waals surface area (Å²) in [5.74, 6) is 3.84. The molecule has 0 radical (unpaired) electrons. The highest BCUT2D eigenvalue weighted by Gasteiger charge is 2.01. The third kappa shape index (κ3) is 11.2. The van der Waals surface area contributed by atoms with E-state index in [1.165, 1.54) is 18.1 Å². The van der Waals surface area contributed by atoms with Crippen LogP contribution >= 0.6 is 12.4 Å². The predicted octanol–water partition coefficient (Wildman–Crippen LogP) is 4.97. The Bertz CT molecular complexity index is 835. The molecule has 0 unspecified atom stereocenters. The van der Waals surface area contributed by atoms with Gasteiger partial charge in [-0.2, -0.15) is 0 Å². The van der Waals surface area contributed by atoms with Gasteiger partial charge in [0.05, 0.1) is 6.61 Å². The van der Waals surface area contributed by atoms with Crippen molar-refractivity contribution in [3.8, 4) is 0 Å². The maximum absolute atomic E-state index is 10.4. The molecule has 3 N–H and O–H groups in total. The molecule has 0 aliphatic rings. The summed E-state index contributed by atoms with van der Waals surface area (Å²) >= 11 is 0. The average Bonchev–Trinajstić information content (AvgIpc) is 2.76. The van der Waals surface area contributed by atoms with Gasteiger partial charge in [-0.3, -0.25) is 0 Å². The van der Waals surface area contributed by atoms with E-state index in [1.54, 1.807) is 0 Å². The number of hydrogen-bond donors (Lipinski definition) is 2. The quantitative estimate of drug-likeness (QED) is 0.349. The maximum Gasteiger partial charge on any atom is 0.353 e. The molecule has 2 rings (SSSR count). The van der Waals surface area contributed by atoms with Gasteiger partial charge >= 0.3 is 5.97 Å². The highest BCUT2D eigenvalue weighted by Crippen LogP contribution is 2.12. The van der Waals surface area contributed by atoms with Gasteiger partial charge in [-0.25, -0.2) is 10.7 Å². The van der Waals surface area contributed by atoms with Crippen LogP contribution in [0.1, 0.15) is 31.9 Å². The van der Waals surface area contributed by atoms with Gasteiger partial charge in [-0.1, -0.05) is 71.9 Å². The molecule has 162 valence electrons. The number of carbonyl (C=O) groups is 1. The second-order valence-corrected chi connectivity index (χ2v) is 6.12. The molecule has 0 spiro atoms. The van der Waals surface area contributed by atoms with Gasteiger partial charge in [0.1, 0.15) is 6.61 Å². The van der Waals surface area contributed by atoms with E-state index in [-0.39, 0.29) is 24.7 Å². The van der Waals surface area contributed by atoms with Crippen LogP contribution in [-0.2, 0) is 14.5 Å². The molecule has 0 atom stereocenters. The van der Waals surface area contributed by atoms with Crippen LogP contribution in [0.2, 0.25) is 0 Å². The zero-order chi connectivity index (χ0) is 21.5. The monoisotopic (exact) mass is 432 g/mol. The van der Waals surface area contributed by atoms with Gasteiger partial charge in [-0.15, -0.1) is 12.4 Å². The summed E-state index contributed by atoms with van der Waals surface area (Å²) in [4.78, 5) is 19.8. The van der Waals surface area contributed by atoms with Crippen LogP contribution in [0.15, 0.2) is 78.0 Å². The van der Waals surface area contributed by atoms with E-state index in [2.05, 4.69) is 22.1 Å². The summed E-state index contributed by atoms with van der Waals surface area (Å²) in [6.07, 6.45) is 3.81. The summed E-state index contributed by atoms with van der Waals surface area (Å²) in [7, 11) is 0. The molecule has 0 bridgehead atoms. The molecular formula is C23H29ClN2O4. The average molecular weight is 433 g/mol. The minimum atomic E-state index is -1.08. The number of oxime groups is 1. The zero-order valence-corrected chi connectivity index (χ0v) is 18.3. The van der Waals surface area contributed by atoms with Gasteiger partial charge < -0.3 is 14.8 Å². The summed E-state index contributed by atoms with van der Waals surface area (Å²) in [5, 5.41) is 12.0. The SMILES string of the molecule is CC(=CCON)c1ccccc1.CC(=CCON=C(C)C(=O)O)c1ccccc1.Cl. The first-order chi connectivity index (χ1) is 14.0. The first kappa shape index (κ1) is 27.1. The summed E-state index contributed by atoms with van der Waals surface area (Å²) in [6.45, 7) is 6.10. The number of carboxylic acid groups (broad SMARTS) is 1. The molecule has 0 heterocycles. The number of nitrogens with zero attached hydrogens (tertiary/aromatic N) is 1. The van der Waals surface area contributed by atoms with Crippen LogP contribution in [0, 0.1) is 0 Å². The Morgan fingerprint density at radius 3 is 1.73 bits per heavy atom. The fourth-order valence-corrected chi connectivity index (χ4v) is 2.15. The molecular weight excluding hydrogens is 404 g/mol. The third-order valence-corrected chi connectivity index (χ3v) is 3.92. The van der Waals surface area contributed by atoms with Gasteiger partial charge in [-0.05, 0) is 49.1 Å². The van der Waals surface area contributed by atoms with Gasteiger partial charge in [0.25, 0.3) is 0 Å². The lowest BCUT2D eigenvalue weighted by atomic mass is 10.1. The number of allylic oxidation sites excluding steroid dienone is 2. The van der Waals surface area contributed by atoms with E-state index in [9.17, 15) is 4.79 Å².